The SMILES string of the molecule is CC(C)CCCCCOCCCCCCCCCCCCOOP(=O)(O)O. The molecule has 2 N–H and O–H groups in total. The van der Waals surface area contributed by atoms with Gasteiger partial charge in [-0.2, -0.15) is 0 Å². The molecule has 0 bridgehead atoms. The average molecular weight is 411 g/mol. The van der Waals surface area contributed by atoms with Crippen molar-refractivity contribution >= 4 is 7.82 Å². The van der Waals surface area contributed by atoms with Gasteiger partial charge in [-0.15, -0.1) is 4.67 Å². The summed E-state index contributed by atoms with van der Waals surface area (Å²) >= 11 is 0. The zero-order chi connectivity index (χ0) is 20.2. The molecule has 0 aliphatic rings. The third-order valence-corrected chi connectivity index (χ3v) is 4.79. The van der Waals surface area contributed by atoms with E-state index in [1.165, 1.54) is 70.6 Å². The van der Waals surface area contributed by atoms with Crippen LogP contribution >= 0.6 is 7.82 Å². The van der Waals surface area contributed by atoms with E-state index in [9.17, 15) is 4.57 Å². The quantitative estimate of drug-likeness (QED) is 0.102. The third-order valence-electron chi connectivity index (χ3n) is 4.49. The average Bonchev–Trinajstić information content (AvgIpc) is 2.58. The lowest BCUT2D eigenvalue weighted by atomic mass is 10.1. The Morgan fingerprint density at radius 1 is 0.667 bits per heavy atom. The van der Waals surface area contributed by atoms with Gasteiger partial charge in [0, 0.05) is 13.2 Å². The molecular formula is C20H43O6P. The Balaban J connectivity index is 3.04. The molecule has 0 spiro atoms. The molecule has 0 fully saturated rings. The van der Waals surface area contributed by atoms with Crippen molar-refractivity contribution < 1.29 is 28.7 Å². The molecule has 7 heteroatoms. The molecule has 0 aliphatic carbocycles. The minimum Gasteiger partial charge on any atom is -0.381 e. The maximum absolute atomic E-state index is 10.4. The molecule has 0 aromatic carbocycles. The highest BCUT2D eigenvalue weighted by atomic mass is 31.2. The van der Waals surface area contributed by atoms with Crippen LogP contribution in [0.15, 0.2) is 0 Å². The van der Waals surface area contributed by atoms with E-state index in [0.717, 1.165) is 38.4 Å². The maximum Gasteiger partial charge on any atom is 0.496 e. The van der Waals surface area contributed by atoms with Crippen LogP contribution in [-0.4, -0.2) is 29.6 Å². The number of phosphoric acid groups is 1. The Kier molecular flexibility index (Phi) is 19.4. The monoisotopic (exact) mass is 410 g/mol. The first-order chi connectivity index (χ1) is 12.9. The molecule has 0 unspecified atom stereocenters. The lowest BCUT2D eigenvalue weighted by Gasteiger charge is -2.06. The third kappa shape index (κ3) is 26.0. The standard InChI is InChI=1S/C20H43O6P/c1-20(2)16-12-11-14-18-24-17-13-9-7-5-3-4-6-8-10-15-19-25-26-27(21,22)23/h20H,3-19H2,1-2H3,(H2,21,22,23). The molecule has 0 aromatic heterocycles. The minimum absolute atomic E-state index is 0.227. The highest BCUT2D eigenvalue weighted by Gasteiger charge is 2.14. The Labute approximate surface area is 166 Å². The summed E-state index contributed by atoms with van der Waals surface area (Å²) in [6.45, 7) is 6.63. The summed E-state index contributed by atoms with van der Waals surface area (Å²) in [6.07, 6.45) is 16.9. The molecule has 27 heavy (non-hydrogen) atoms. The first-order valence-corrected chi connectivity index (χ1v) is 12.4. The zero-order valence-corrected chi connectivity index (χ0v) is 18.5. The molecule has 164 valence electrons. The maximum atomic E-state index is 10.4. The smallest absolute Gasteiger partial charge is 0.381 e. The second-order valence-corrected chi connectivity index (χ2v) is 8.91. The molecule has 6 nitrogen and oxygen atoms in total. The van der Waals surface area contributed by atoms with Gasteiger partial charge in [-0.05, 0) is 25.2 Å². The summed E-state index contributed by atoms with van der Waals surface area (Å²) in [4.78, 5) is 21.3. The number of rotatable bonds is 21. The van der Waals surface area contributed by atoms with Crippen LogP contribution in [0.25, 0.3) is 0 Å². The van der Waals surface area contributed by atoms with Gasteiger partial charge in [-0.1, -0.05) is 84.5 Å². The second kappa shape index (κ2) is 19.4. The van der Waals surface area contributed by atoms with Crippen molar-refractivity contribution in [3.05, 3.63) is 0 Å². The van der Waals surface area contributed by atoms with Crippen LogP contribution in [0.5, 0.6) is 0 Å². The van der Waals surface area contributed by atoms with Gasteiger partial charge in [0.1, 0.15) is 0 Å². The molecule has 0 saturated carbocycles. The van der Waals surface area contributed by atoms with E-state index in [0.29, 0.717) is 0 Å². The van der Waals surface area contributed by atoms with Crippen LogP contribution in [0, 0.1) is 5.92 Å². The van der Waals surface area contributed by atoms with E-state index in [-0.39, 0.29) is 6.61 Å². The van der Waals surface area contributed by atoms with E-state index in [2.05, 4.69) is 23.4 Å². The van der Waals surface area contributed by atoms with Crippen molar-refractivity contribution in [1.29, 1.82) is 0 Å². The van der Waals surface area contributed by atoms with Crippen LogP contribution in [0.2, 0.25) is 0 Å². The largest absolute Gasteiger partial charge is 0.496 e. The van der Waals surface area contributed by atoms with Crippen LogP contribution in [-0.2, 0) is 18.9 Å². The van der Waals surface area contributed by atoms with Gasteiger partial charge in [-0.25, -0.2) is 9.45 Å². The highest BCUT2D eigenvalue weighted by Crippen LogP contribution is 2.35. The van der Waals surface area contributed by atoms with Crippen molar-refractivity contribution in [2.24, 2.45) is 5.92 Å². The van der Waals surface area contributed by atoms with Gasteiger partial charge in [0.05, 0.1) is 6.61 Å². The first-order valence-electron chi connectivity index (χ1n) is 10.9. The zero-order valence-electron chi connectivity index (χ0n) is 17.6. The summed E-state index contributed by atoms with van der Waals surface area (Å²) in [6, 6.07) is 0. The van der Waals surface area contributed by atoms with Gasteiger partial charge >= 0.3 is 7.82 Å². The van der Waals surface area contributed by atoms with E-state index >= 15 is 0 Å². The fraction of sp³-hybridized carbons (Fsp3) is 1.00. The Bertz CT molecular complexity index is 345. The summed E-state index contributed by atoms with van der Waals surface area (Å²) in [5.41, 5.74) is 0. The Morgan fingerprint density at radius 2 is 1.07 bits per heavy atom. The lowest BCUT2D eigenvalue weighted by molar-refractivity contribution is -0.222. The van der Waals surface area contributed by atoms with Gasteiger partial charge in [0.15, 0.2) is 0 Å². The van der Waals surface area contributed by atoms with Crippen LogP contribution < -0.4 is 0 Å². The van der Waals surface area contributed by atoms with Crippen molar-refractivity contribution in [3.63, 3.8) is 0 Å². The van der Waals surface area contributed by atoms with Gasteiger partial charge in [0.2, 0.25) is 0 Å². The molecule has 0 saturated heterocycles. The summed E-state index contributed by atoms with van der Waals surface area (Å²) < 4.78 is 20.0. The molecular weight excluding hydrogens is 367 g/mol. The first kappa shape index (κ1) is 27.0. The van der Waals surface area contributed by atoms with Crippen molar-refractivity contribution in [2.45, 2.75) is 104 Å². The van der Waals surface area contributed by atoms with Crippen molar-refractivity contribution in [2.75, 3.05) is 19.8 Å². The predicted octanol–water partition coefficient (Wildman–Crippen LogP) is 6.16. The molecule has 0 rings (SSSR count). The van der Waals surface area contributed by atoms with E-state index < -0.39 is 7.82 Å². The number of ether oxygens (including phenoxy) is 1. The van der Waals surface area contributed by atoms with E-state index in [4.69, 9.17) is 14.5 Å². The number of unbranched alkanes of at least 4 members (excludes halogenated alkanes) is 11. The minimum atomic E-state index is -4.49. The van der Waals surface area contributed by atoms with Crippen molar-refractivity contribution in [1.82, 2.24) is 0 Å². The van der Waals surface area contributed by atoms with Crippen LogP contribution in [0.3, 0.4) is 0 Å². The second-order valence-electron chi connectivity index (χ2n) is 7.78. The summed E-state index contributed by atoms with van der Waals surface area (Å²) in [5, 5.41) is 0. The number of hydrogen-bond acceptors (Lipinski definition) is 4. The molecule has 0 aromatic rings. The summed E-state index contributed by atoms with van der Waals surface area (Å²) in [7, 11) is -4.49. The molecule has 0 aliphatic heterocycles. The van der Waals surface area contributed by atoms with Gasteiger partial charge in [0.25, 0.3) is 0 Å². The molecule has 0 atom stereocenters. The van der Waals surface area contributed by atoms with Gasteiger partial charge in [-0.3, -0.25) is 0 Å². The van der Waals surface area contributed by atoms with Gasteiger partial charge < -0.3 is 14.5 Å². The van der Waals surface area contributed by atoms with Crippen LogP contribution in [0.4, 0.5) is 0 Å². The van der Waals surface area contributed by atoms with Crippen LogP contribution in [0.1, 0.15) is 104 Å². The Hall–Kier alpha value is 0.0300. The number of hydrogen-bond donors (Lipinski definition) is 2. The lowest BCUT2D eigenvalue weighted by Crippen LogP contribution is -1.97. The fourth-order valence-corrected chi connectivity index (χ4v) is 3.13. The molecule has 0 amide bonds. The normalized spacial score (nSPS) is 12.2. The Morgan fingerprint density at radius 3 is 1.52 bits per heavy atom. The fourth-order valence-electron chi connectivity index (χ4n) is 2.92. The summed E-state index contributed by atoms with van der Waals surface area (Å²) in [5.74, 6) is 0.823. The van der Waals surface area contributed by atoms with E-state index in [1.807, 2.05) is 0 Å². The van der Waals surface area contributed by atoms with E-state index in [1.54, 1.807) is 0 Å². The highest BCUT2D eigenvalue weighted by molar-refractivity contribution is 7.46. The molecule has 0 heterocycles. The predicted molar refractivity (Wildman–Crippen MR) is 109 cm³/mol. The topological polar surface area (TPSA) is 85.2 Å². The van der Waals surface area contributed by atoms with Crippen molar-refractivity contribution in [3.8, 4) is 0 Å². The molecule has 0 radical (unpaired) electrons.